The first kappa shape index (κ1) is 21.6. The molecule has 0 spiro atoms. The molecule has 0 radical (unpaired) electrons. The number of rotatable bonds is 5. The van der Waals surface area contributed by atoms with E-state index in [0.29, 0.717) is 29.6 Å². The van der Waals surface area contributed by atoms with Gasteiger partial charge < -0.3 is 5.11 Å². The Bertz CT molecular complexity index is 663. The van der Waals surface area contributed by atoms with Gasteiger partial charge in [0.15, 0.2) is 5.78 Å². The van der Waals surface area contributed by atoms with E-state index in [1.165, 1.54) is 50.5 Å². The number of aliphatic hydroxyl groups excluding tert-OH is 1. The van der Waals surface area contributed by atoms with Crippen LogP contribution in [0.3, 0.4) is 0 Å². The van der Waals surface area contributed by atoms with Crippen molar-refractivity contribution in [3.8, 4) is 0 Å². The maximum atomic E-state index is 12.0. The average molecular weight is 401 g/mol. The van der Waals surface area contributed by atoms with Gasteiger partial charge >= 0.3 is 0 Å². The molecule has 4 rings (SSSR count). The zero-order valence-electron chi connectivity index (χ0n) is 19.5. The smallest absolute Gasteiger partial charge is 0.155 e. The topological polar surface area (TPSA) is 37.3 Å². The molecule has 4 aliphatic rings. The molecule has 0 saturated heterocycles. The molecule has 4 aliphatic carbocycles. The highest BCUT2D eigenvalue weighted by Gasteiger charge is 2.61. The molecule has 164 valence electrons. The van der Waals surface area contributed by atoms with Gasteiger partial charge in [-0.05, 0) is 90.9 Å². The molecule has 0 unspecified atom stereocenters. The first-order chi connectivity index (χ1) is 13.7. The molecular formula is C27H44O2. The van der Waals surface area contributed by atoms with E-state index in [4.69, 9.17) is 0 Å². The van der Waals surface area contributed by atoms with Crippen LogP contribution in [0.2, 0.25) is 0 Å². The minimum absolute atomic E-state index is 0.153. The average Bonchev–Trinajstić information content (AvgIpc) is 3.00. The lowest BCUT2D eigenvalue weighted by molar-refractivity contribution is -0.124. The Morgan fingerprint density at radius 2 is 1.83 bits per heavy atom. The monoisotopic (exact) mass is 400 g/mol. The summed E-state index contributed by atoms with van der Waals surface area (Å²) < 4.78 is 0. The van der Waals surface area contributed by atoms with Crippen LogP contribution in [-0.2, 0) is 4.79 Å². The maximum absolute atomic E-state index is 12.0. The molecule has 0 aromatic carbocycles. The Labute approximate surface area is 178 Å². The van der Waals surface area contributed by atoms with E-state index in [9.17, 15) is 9.90 Å². The molecule has 29 heavy (non-hydrogen) atoms. The Morgan fingerprint density at radius 1 is 1.07 bits per heavy atom. The Hall–Kier alpha value is -0.630. The predicted molar refractivity (Wildman–Crippen MR) is 119 cm³/mol. The number of fused-ring (bicyclic) bond motifs is 5. The van der Waals surface area contributed by atoms with E-state index in [-0.39, 0.29) is 17.3 Å². The lowest BCUT2D eigenvalue weighted by Crippen LogP contribution is -2.55. The summed E-state index contributed by atoms with van der Waals surface area (Å²) in [7, 11) is 0. The van der Waals surface area contributed by atoms with Gasteiger partial charge in [-0.15, -0.1) is 0 Å². The molecule has 0 heterocycles. The highest BCUT2D eigenvalue weighted by atomic mass is 16.3. The van der Waals surface area contributed by atoms with Crippen LogP contribution in [0.5, 0.6) is 0 Å². The molecule has 0 aromatic heterocycles. The first-order valence-electron chi connectivity index (χ1n) is 12.6. The zero-order valence-corrected chi connectivity index (χ0v) is 19.5. The lowest BCUT2D eigenvalue weighted by atomic mass is 9.45. The fourth-order valence-corrected chi connectivity index (χ4v) is 8.55. The van der Waals surface area contributed by atoms with Gasteiger partial charge in [0.25, 0.3) is 0 Å². The van der Waals surface area contributed by atoms with Crippen LogP contribution in [-0.4, -0.2) is 17.0 Å². The summed E-state index contributed by atoms with van der Waals surface area (Å²) >= 11 is 0. The summed E-state index contributed by atoms with van der Waals surface area (Å²) in [6.45, 7) is 12.2. The van der Waals surface area contributed by atoms with Crippen molar-refractivity contribution in [3.63, 3.8) is 0 Å². The van der Waals surface area contributed by atoms with Crippen molar-refractivity contribution in [2.24, 2.45) is 46.3 Å². The van der Waals surface area contributed by atoms with Crippen LogP contribution in [0.1, 0.15) is 98.8 Å². The van der Waals surface area contributed by atoms with Crippen molar-refractivity contribution >= 4 is 5.78 Å². The molecular weight excluding hydrogens is 356 g/mol. The third-order valence-electron chi connectivity index (χ3n) is 10.2. The van der Waals surface area contributed by atoms with Gasteiger partial charge in [-0.2, -0.15) is 0 Å². The van der Waals surface area contributed by atoms with Crippen LogP contribution < -0.4 is 0 Å². The van der Waals surface area contributed by atoms with Gasteiger partial charge in [-0.1, -0.05) is 59.5 Å². The van der Waals surface area contributed by atoms with Crippen molar-refractivity contribution in [1.82, 2.24) is 0 Å². The third kappa shape index (κ3) is 3.56. The van der Waals surface area contributed by atoms with Crippen LogP contribution in [0.15, 0.2) is 11.6 Å². The van der Waals surface area contributed by atoms with E-state index in [0.717, 1.165) is 30.6 Å². The van der Waals surface area contributed by atoms with E-state index >= 15 is 0 Å². The van der Waals surface area contributed by atoms with Gasteiger partial charge in [0.2, 0.25) is 0 Å². The van der Waals surface area contributed by atoms with Crippen molar-refractivity contribution in [2.75, 3.05) is 0 Å². The van der Waals surface area contributed by atoms with Crippen LogP contribution >= 0.6 is 0 Å². The summed E-state index contributed by atoms with van der Waals surface area (Å²) in [4.78, 5) is 12.0. The van der Waals surface area contributed by atoms with Gasteiger partial charge in [0.1, 0.15) is 0 Å². The second-order valence-corrected chi connectivity index (χ2v) is 12.1. The molecule has 3 fully saturated rings. The number of hydrogen-bond acceptors (Lipinski definition) is 2. The molecule has 0 bridgehead atoms. The second-order valence-electron chi connectivity index (χ2n) is 12.1. The third-order valence-corrected chi connectivity index (χ3v) is 10.2. The van der Waals surface area contributed by atoms with Crippen LogP contribution in [0.4, 0.5) is 0 Å². The Balaban J connectivity index is 1.54. The van der Waals surface area contributed by atoms with E-state index < -0.39 is 0 Å². The Morgan fingerprint density at radius 3 is 2.55 bits per heavy atom. The van der Waals surface area contributed by atoms with Crippen molar-refractivity contribution < 1.29 is 9.90 Å². The molecule has 2 nitrogen and oxygen atoms in total. The standard InChI is InChI=1S/C27H44O2/c1-17(2)7-6-8-18(3)21-9-10-22-25-23(12-14-27(21,22)5)26(4)13-11-20(28)15-19(26)16-24(25)29/h15,17-18,21-25,29H,6-14,16H2,1-5H3/t18-,21-,22+,23+,24-,25+,26+,27-/m1/s1. The normalized spacial score (nSPS) is 45.4. The van der Waals surface area contributed by atoms with Gasteiger partial charge in [0, 0.05) is 6.42 Å². The predicted octanol–water partition coefficient (Wildman–Crippen LogP) is 6.57. The number of aliphatic hydroxyl groups is 1. The summed E-state index contributed by atoms with van der Waals surface area (Å²) in [5, 5.41) is 11.3. The minimum atomic E-state index is -0.246. The summed E-state index contributed by atoms with van der Waals surface area (Å²) in [6, 6.07) is 0. The van der Waals surface area contributed by atoms with E-state index in [1.54, 1.807) is 0 Å². The highest BCUT2D eigenvalue weighted by Crippen LogP contribution is 2.67. The molecule has 1 N–H and O–H groups in total. The molecule has 0 aliphatic heterocycles. The summed E-state index contributed by atoms with van der Waals surface area (Å²) in [5.41, 5.74) is 1.82. The zero-order chi connectivity index (χ0) is 21.0. The number of hydrogen-bond donors (Lipinski definition) is 1. The number of ketones is 1. The van der Waals surface area contributed by atoms with Crippen molar-refractivity contribution in [3.05, 3.63) is 11.6 Å². The largest absolute Gasteiger partial charge is 0.392 e. The van der Waals surface area contributed by atoms with E-state index in [1.807, 2.05) is 6.08 Å². The fourth-order valence-electron chi connectivity index (χ4n) is 8.55. The lowest BCUT2D eigenvalue weighted by Gasteiger charge is -2.60. The van der Waals surface area contributed by atoms with Crippen LogP contribution in [0.25, 0.3) is 0 Å². The molecule has 0 aromatic rings. The number of carbonyl (C=O) groups excluding carboxylic acids is 1. The quantitative estimate of drug-likeness (QED) is 0.567. The van der Waals surface area contributed by atoms with Gasteiger partial charge in [-0.25, -0.2) is 0 Å². The first-order valence-corrected chi connectivity index (χ1v) is 12.6. The molecule has 3 saturated carbocycles. The summed E-state index contributed by atoms with van der Waals surface area (Å²) in [5.74, 6) is 4.40. The minimum Gasteiger partial charge on any atom is -0.392 e. The summed E-state index contributed by atoms with van der Waals surface area (Å²) in [6.07, 6.45) is 13.4. The second kappa shape index (κ2) is 7.81. The maximum Gasteiger partial charge on any atom is 0.155 e. The Kier molecular flexibility index (Phi) is 5.82. The highest BCUT2D eigenvalue weighted by molar-refractivity contribution is 5.91. The number of carbonyl (C=O) groups is 1. The van der Waals surface area contributed by atoms with E-state index in [2.05, 4.69) is 34.6 Å². The molecule has 8 atom stereocenters. The fraction of sp³-hybridized carbons (Fsp3) is 0.889. The SMILES string of the molecule is CC(C)CCC[C@@H](C)[C@H]1CC[C@H]2[C@@H]3[C@H](O)CC4=CC(=O)CC[C@]4(C)[C@H]3CC[C@]12C. The molecule has 2 heteroatoms. The van der Waals surface area contributed by atoms with Gasteiger partial charge in [0.05, 0.1) is 6.10 Å². The van der Waals surface area contributed by atoms with Crippen LogP contribution in [0, 0.1) is 46.3 Å². The van der Waals surface area contributed by atoms with Gasteiger partial charge in [-0.3, -0.25) is 4.79 Å². The molecule has 0 amide bonds. The van der Waals surface area contributed by atoms with Crippen molar-refractivity contribution in [1.29, 1.82) is 0 Å². The van der Waals surface area contributed by atoms with Crippen molar-refractivity contribution in [2.45, 2.75) is 105 Å².